The topological polar surface area (TPSA) is 89.7 Å². The number of carbonyl (C=O) groups excluding carboxylic acids is 1. The first-order valence-electron chi connectivity index (χ1n) is 6.21. The summed E-state index contributed by atoms with van der Waals surface area (Å²) in [6, 6.07) is 14.5. The average Bonchev–Trinajstić information content (AvgIpc) is 2.52. The van der Waals surface area contributed by atoms with E-state index in [1.54, 1.807) is 24.3 Å². The van der Waals surface area contributed by atoms with Crippen molar-refractivity contribution >= 4 is 11.7 Å². The predicted octanol–water partition coefficient (Wildman–Crippen LogP) is 2.37. The molecule has 0 saturated heterocycles. The fourth-order valence-corrected chi connectivity index (χ4v) is 1.82. The number of para-hydroxylation sites is 1. The van der Waals surface area contributed by atoms with E-state index in [-0.39, 0.29) is 17.9 Å². The van der Waals surface area contributed by atoms with Gasteiger partial charge in [0.2, 0.25) is 0 Å². The van der Waals surface area contributed by atoms with Gasteiger partial charge >= 0.3 is 5.97 Å². The molecule has 2 aromatic rings. The summed E-state index contributed by atoms with van der Waals surface area (Å²) in [6.07, 6.45) is -1.68. The predicted molar refractivity (Wildman–Crippen MR) is 74.3 cm³/mol. The summed E-state index contributed by atoms with van der Waals surface area (Å²) in [7, 11) is 0. The van der Waals surface area contributed by atoms with Crippen molar-refractivity contribution in [2.45, 2.75) is 12.7 Å². The number of ether oxygens (including phenoxy) is 1. The molecule has 2 rings (SSSR count). The van der Waals surface area contributed by atoms with Crippen LogP contribution in [0.2, 0.25) is 0 Å². The Labute approximate surface area is 120 Å². The largest absolute Gasteiger partial charge is 0.459 e. The molecule has 0 radical (unpaired) electrons. The number of benzene rings is 2. The highest BCUT2D eigenvalue weighted by molar-refractivity contribution is 5.77. The van der Waals surface area contributed by atoms with Crippen LogP contribution in [0.4, 0.5) is 5.69 Å². The Bertz CT molecular complexity index is 642. The standard InChI is InChI=1S/C15H13NO5/c17-14(12-8-4-5-9-13(12)16(19)20)15(18)21-10-11-6-2-1-3-7-11/h1-9,14,17H,10H2. The molecule has 6 nitrogen and oxygen atoms in total. The Morgan fingerprint density at radius 3 is 2.43 bits per heavy atom. The Morgan fingerprint density at radius 1 is 1.14 bits per heavy atom. The maximum atomic E-state index is 11.8. The van der Waals surface area contributed by atoms with E-state index in [0.717, 1.165) is 5.56 Å². The zero-order valence-corrected chi connectivity index (χ0v) is 11.0. The lowest BCUT2D eigenvalue weighted by Gasteiger charge is -2.11. The second-order valence-electron chi connectivity index (χ2n) is 4.31. The van der Waals surface area contributed by atoms with Gasteiger partial charge in [-0.15, -0.1) is 0 Å². The van der Waals surface area contributed by atoms with Crippen LogP contribution in [0, 0.1) is 10.1 Å². The maximum Gasteiger partial charge on any atom is 0.340 e. The summed E-state index contributed by atoms with van der Waals surface area (Å²) in [6.45, 7) is -0.00261. The Morgan fingerprint density at radius 2 is 1.76 bits per heavy atom. The molecule has 0 saturated carbocycles. The summed E-state index contributed by atoms with van der Waals surface area (Å²) in [5.41, 5.74) is 0.364. The van der Waals surface area contributed by atoms with Gasteiger partial charge in [-0.05, 0) is 11.6 Å². The number of nitro benzene ring substituents is 1. The van der Waals surface area contributed by atoms with E-state index in [4.69, 9.17) is 4.74 Å². The van der Waals surface area contributed by atoms with Crippen molar-refractivity contribution in [3.63, 3.8) is 0 Å². The van der Waals surface area contributed by atoms with Gasteiger partial charge in [-0.25, -0.2) is 4.79 Å². The number of aliphatic hydroxyl groups excluding tert-OH is 1. The van der Waals surface area contributed by atoms with Crippen molar-refractivity contribution < 1.29 is 19.6 Å². The summed E-state index contributed by atoms with van der Waals surface area (Å²) in [5, 5.41) is 20.8. The number of carbonyl (C=O) groups is 1. The third-order valence-electron chi connectivity index (χ3n) is 2.88. The fraction of sp³-hybridized carbons (Fsp3) is 0.133. The Kier molecular flexibility index (Phi) is 4.63. The van der Waals surface area contributed by atoms with E-state index in [1.807, 2.05) is 6.07 Å². The zero-order chi connectivity index (χ0) is 15.2. The molecular weight excluding hydrogens is 274 g/mol. The number of hydrogen-bond donors (Lipinski definition) is 1. The number of nitrogens with zero attached hydrogens (tertiary/aromatic N) is 1. The van der Waals surface area contributed by atoms with Crippen molar-refractivity contribution in [3.8, 4) is 0 Å². The molecule has 0 aliphatic heterocycles. The average molecular weight is 287 g/mol. The number of aliphatic hydroxyl groups is 1. The molecule has 6 heteroatoms. The minimum absolute atomic E-state index is 0.00261. The fourth-order valence-electron chi connectivity index (χ4n) is 1.82. The molecule has 2 aromatic carbocycles. The Hall–Kier alpha value is -2.73. The normalized spacial score (nSPS) is 11.7. The molecule has 1 atom stereocenters. The molecule has 21 heavy (non-hydrogen) atoms. The lowest BCUT2D eigenvalue weighted by molar-refractivity contribution is -0.386. The first kappa shape index (κ1) is 14.7. The molecule has 1 N–H and O–H groups in total. The van der Waals surface area contributed by atoms with E-state index in [2.05, 4.69) is 0 Å². The van der Waals surface area contributed by atoms with Crippen molar-refractivity contribution in [3.05, 3.63) is 75.8 Å². The van der Waals surface area contributed by atoms with Gasteiger partial charge < -0.3 is 9.84 Å². The number of hydrogen-bond acceptors (Lipinski definition) is 5. The molecule has 0 heterocycles. The molecule has 0 aliphatic rings. The van der Waals surface area contributed by atoms with Crippen molar-refractivity contribution in [1.82, 2.24) is 0 Å². The molecule has 0 amide bonds. The van der Waals surface area contributed by atoms with Crippen LogP contribution < -0.4 is 0 Å². The summed E-state index contributed by atoms with van der Waals surface area (Å²) < 4.78 is 4.97. The third-order valence-corrected chi connectivity index (χ3v) is 2.88. The highest BCUT2D eigenvalue weighted by Gasteiger charge is 2.26. The van der Waals surface area contributed by atoms with Crippen LogP contribution >= 0.6 is 0 Å². The minimum Gasteiger partial charge on any atom is -0.459 e. The molecule has 1 unspecified atom stereocenters. The molecule has 108 valence electrons. The zero-order valence-electron chi connectivity index (χ0n) is 11.0. The summed E-state index contributed by atoms with van der Waals surface area (Å²) in [5.74, 6) is -0.923. The molecular formula is C15H13NO5. The lowest BCUT2D eigenvalue weighted by Crippen LogP contribution is -2.16. The van der Waals surface area contributed by atoms with Crippen molar-refractivity contribution in [2.75, 3.05) is 0 Å². The number of nitro groups is 1. The number of rotatable bonds is 5. The minimum atomic E-state index is -1.68. The van der Waals surface area contributed by atoms with Gasteiger partial charge in [-0.3, -0.25) is 10.1 Å². The van der Waals surface area contributed by atoms with Gasteiger partial charge in [-0.1, -0.05) is 42.5 Å². The van der Waals surface area contributed by atoms with Gasteiger partial charge in [0.05, 0.1) is 10.5 Å². The molecule has 0 spiro atoms. The highest BCUT2D eigenvalue weighted by Crippen LogP contribution is 2.25. The van der Waals surface area contributed by atoms with Gasteiger partial charge in [0, 0.05) is 6.07 Å². The maximum absolute atomic E-state index is 11.8. The van der Waals surface area contributed by atoms with Crippen LogP contribution in [0.5, 0.6) is 0 Å². The van der Waals surface area contributed by atoms with Crippen molar-refractivity contribution in [1.29, 1.82) is 0 Å². The first-order valence-corrected chi connectivity index (χ1v) is 6.21. The van der Waals surface area contributed by atoms with Crippen LogP contribution in [-0.2, 0) is 16.1 Å². The van der Waals surface area contributed by atoms with Crippen LogP contribution in [0.15, 0.2) is 54.6 Å². The van der Waals surface area contributed by atoms with E-state index >= 15 is 0 Å². The smallest absolute Gasteiger partial charge is 0.340 e. The van der Waals surface area contributed by atoms with Crippen LogP contribution in [0.1, 0.15) is 17.2 Å². The number of esters is 1. The molecule has 0 bridgehead atoms. The monoisotopic (exact) mass is 287 g/mol. The van der Waals surface area contributed by atoms with E-state index in [1.165, 1.54) is 24.3 Å². The summed E-state index contributed by atoms with van der Waals surface area (Å²) >= 11 is 0. The van der Waals surface area contributed by atoms with E-state index < -0.39 is 17.0 Å². The SMILES string of the molecule is O=C(OCc1ccccc1)C(O)c1ccccc1[N+](=O)[O-]. The first-order chi connectivity index (χ1) is 10.1. The summed E-state index contributed by atoms with van der Waals surface area (Å²) in [4.78, 5) is 22.0. The molecule has 0 fully saturated rings. The second-order valence-corrected chi connectivity index (χ2v) is 4.31. The van der Waals surface area contributed by atoms with Crippen LogP contribution in [0.25, 0.3) is 0 Å². The van der Waals surface area contributed by atoms with Gasteiger partial charge in [0.1, 0.15) is 6.61 Å². The van der Waals surface area contributed by atoms with Crippen molar-refractivity contribution in [2.24, 2.45) is 0 Å². The van der Waals surface area contributed by atoms with E-state index in [0.29, 0.717) is 0 Å². The van der Waals surface area contributed by atoms with E-state index in [9.17, 15) is 20.0 Å². The Balaban J connectivity index is 2.08. The molecule has 0 aromatic heterocycles. The van der Waals surface area contributed by atoms with Crippen LogP contribution in [-0.4, -0.2) is 16.0 Å². The lowest BCUT2D eigenvalue weighted by atomic mass is 10.1. The van der Waals surface area contributed by atoms with Gasteiger partial charge in [0.15, 0.2) is 6.10 Å². The van der Waals surface area contributed by atoms with Gasteiger partial charge in [-0.2, -0.15) is 0 Å². The highest BCUT2D eigenvalue weighted by atomic mass is 16.6. The third kappa shape index (κ3) is 3.64. The molecule has 0 aliphatic carbocycles. The quantitative estimate of drug-likeness (QED) is 0.518. The van der Waals surface area contributed by atoms with Crippen LogP contribution in [0.3, 0.4) is 0 Å². The van der Waals surface area contributed by atoms with Gasteiger partial charge in [0.25, 0.3) is 5.69 Å². The second kappa shape index (κ2) is 6.62.